The SMILES string of the molecule is CCc1ccc(CNc2snc(N)c2S(=O)(=O)N(C)C)s1. The monoisotopic (exact) mass is 346 g/mol. The average Bonchev–Trinajstić information content (AvgIpc) is 3.02. The Morgan fingerprint density at radius 2 is 2.00 bits per heavy atom. The molecule has 116 valence electrons. The molecule has 0 aliphatic rings. The fraction of sp³-hybridized carbons (Fsp3) is 0.417. The molecule has 3 N–H and O–H groups in total. The summed E-state index contributed by atoms with van der Waals surface area (Å²) in [5.41, 5.74) is 5.72. The predicted octanol–water partition coefficient (Wildman–Crippen LogP) is 2.21. The van der Waals surface area contributed by atoms with Gasteiger partial charge in [-0.25, -0.2) is 12.7 Å². The zero-order chi connectivity index (χ0) is 15.6. The van der Waals surface area contributed by atoms with Gasteiger partial charge in [-0.1, -0.05) is 6.92 Å². The van der Waals surface area contributed by atoms with Crippen molar-refractivity contribution in [2.24, 2.45) is 0 Å². The van der Waals surface area contributed by atoms with Gasteiger partial charge in [-0.05, 0) is 30.1 Å². The second-order valence-electron chi connectivity index (χ2n) is 4.59. The van der Waals surface area contributed by atoms with Gasteiger partial charge in [0.25, 0.3) is 0 Å². The maximum atomic E-state index is 12.3. The van der Waals surface area contributed by atoms with Crippen molar-refractivity contribution in [1.82, 2.24) is 8.68 Å². The van der Waals surface area contributed by atoms with Crippen LogP contribution < -0.4 is 11.1 Å². The second-order valence-corrected chi connectivity index (χ2v) is 8.70. The number of aromatic nitrogens is 1. The van der Waals surface area contributed by atoms with Crippen molar-refractivity contribution < 1.29 is 8.42 Å². The van der Waals surface area contributed by atoms with E-state index in [0.717, 1.165) is 27.1 Å². The number of nitrogens with one attached hydrogen (secondary N) is 1. The summed E-state index contributed by atoms with van der Waals surface area (Å²) in [6.07, 6.45) is 0.998. The number of nitrogen functional groups attached to an aromatic ring is 1. The van der Waals surface area contributed by atoms with Crippen LogP contribution in [-0.2, 0) is 23.0 Å². The predicted molar refractivity (Wildman–Crippen MR) is 88.4 cm³/mol. The molecular weight excluding hydrogens is 328 g/mol. The standard InChI is InChI=1S/C12H18N4O2S3/c1-4-8-5-6-9(19-8)7-14-12-10(11(13)15-20-12)21(17,18)16(2)3/h5-6,14H,4,7H2,1-3H3,(H2,13,15). The van der Waals surface area contributed by atoms with Gasteiger partial charge in [0.15, 0.2) is 10.7 Å². The van der Waals surface area contributed by atoms with E-state index in [2.05, 4.69) is 22.7 Å². The molecule has 0 aliphatic carbocycles. The van der Waals surface area contributed by atoms with Crippen LogP contribution in [0.2, 0.25) is 0 Å². The normalized spacial score (nSPS) is 12.0. The molecule has 6 nitrogen and oxygen atoms in total. The Kier molecular flexibility index (Phi) is 4.87. The van der Waals surface area contributed by atoms with Gasteiger partial charge in [-0.15, -0.1) is 11.3 Å². The van der Waals surface area contributed by atoms with Crippen LogP contribution in [0.25, 0.3) is 0 Å². The van der Waals surface area contributed by atoms with Crippen LogP contribution in [0, 0.1) is 0 Å². The first-order chi connectivity index (χ1) is 9.86. The molecule has 0 aliphatic heterocycles. The Balaban J connectivity index is 2.22. The van der Waals surface area contributed by atoms with E-state index in [9.17, 15) is 8.42 Å². The molecule has 0 saturated carbocycles. The summed E-state index contributed by atoms with van der Waals surface area (Å²) in [5, 5.41) is 3.61. The molecule has 0 unspecified atom stereocenters. The van der Waals surface area contributed by atoms with Gasteiger partial charge in [-0.3, -0.25) is 0 Å². The second kappa shape index (κ2) is 6.30. The van der Waals surface area contributed by atoms with Crippen LogP contribution in [0.15, 0.2) is 17.0 Å². The third kappa shape index (κ3) is 3.37. The highest BCUT2D eigenvalue weighted by atomic mass is 32.2. The maximum absolute atomic E-state index is 12.3. The maximum Gasteiger partial charge on any atom is 0.249 e. The van der Waals surface area contributed by atoms with Gasteiger partial charge in [0.2, 0.25) is 10.0 Å². The molecule has 0 bridgehead atoms. The van der Waals surface area contributed by atoms with Gasteiger partial charge < -0.3 is 11.1 Å². The molecule has 0 saturated heterocycles. The van der Waals surface area contributed by atoms with Crippen LogP contribution in [0.5, 0.6) is 0 Å². The van der Waals surface area contributed by atoms with Crippen LogP contribution in [-0.4, -0.2) is 31.2 Å². The van der Waals surface area contributed by atoms with Crippen molar-refractivity contribution in [1.29, 1.82) is 0 Å². The van der Waals surface area contributed by atoms with Crippen molar-refractivity contribution in [2.45, 2.75) is 24.8 Å². The van der Waals surface area contributed by atoms with Gasteiger partial charge in [0.1, 0.15) is 5.00 Å². The summed E-state index contributed by atoms with van der Waals surface area (Å²) in [6.45, 7) is 2.66. The average molecular weight is 347 g/mol. The van der Waals surface area contributed by atoms with Gasteiger partial charge in [0, 0.05) is 23.8 Å². The van der Waals surface area contributed by atoms with E-state index in [0.29, 0.717) is 11.5 Å². The van der Waals surface area contributed by atoms with E-state index in [-0.39, 0.29) is 10.7 Å². The number of anilines is 2. The summed E-state index contributed by atoms with van der Waals surface area (Å²) in [5.74, 6) is 0.0385. The molecule has 0 aromatic carbocycles. The topological polar surface area (TPSA) is 88.3 Å². The molecule has 2 rings (SSSR count). The molecule has 0 amide bonds. The quantitative estimate of drug-likeness (QED) is 0.837. The van der Waals surface area contributed by atoms with Crippen molar-refractivity contribution >= 4 is 43.7 Å². The summed E-state index contributed by atoms with van der Waals surface area (Å²) in [7, 11) is -0.651. The number of hydrogen-bond donors (Lipinski definition) is 2. The minimum Gasteiger partial charge on any atom is -0.382 e. The number of sulfonamides is 1. The van der Waals surface area contributed by atoms with Gasteiger partial charge in [0.05, 0.1) is 6.54 Å². The van der Waals surface area contributed by atoms with Gasteiger partial charge >= 0.3 is 0 Å². The Bertz CT molecular complexity index is 719. The van der Waals surface area contributed by atoms with Crippen LogP contribution >= 0.6 is 22.9 Å². The molecular formula is C12H18N4O2S3. The van der Waals surface area contributed by atoms with Crippen LogP contribution in [0.1, 0.15) is 16.7 Å². The molecule has 9 heteroatoms. The number of aryl methyl sites for hydroxylation is 1. The third-order valence-corrected chi connectivity index (χ3v) is 6.97. The lowest BCUT2D eigenvalue weighted by atomic mass is 10.3. The van der Waals surface area contributed by atoms with Crippen LogP contribution in [0.3, 0.4) is 0 Å². The molecule has 2 aromatic rings. The van der Waals surface area contributed by atoms with E-state index < -0.39 is 10.0 Å². The lowest BCUT2D eigenvalue weighted by Crippen LogP contribution is -2.23. The fourth-order valence-electron chi connectivity index (χ4n) is 1.71. The fourth-order valence-corrected chi connectivity index (χ4v) is 4.68. The minimum absolute atomic E-state index is 0.0385. The molecule has 0 atom stereocenters. The Morgan fingerprint density at radius 3 is 2.57 bits per heavy atom. The van der Waals surface area contributed by atoms with Crippen molar-refractivity contribution in [2.75, 3.05) is 25.1 Å². The molecule has 0 spiro atoms. The van der Waals surface area contributed by atoms with E-state index in [1.165, 1.54) is 19.0 Å². The lowest BCUT2D eigenvalue weighted by molar-refractivity contribution is 0.521. The summed E-state index contributed by atoms with van der Waals surface area (Å²) < 4.78 is 29.6. The van der Waals surface area contributed by atoms with Crippen LogP contribution in [0.4, 0.5) is 10.8 Å². The Hall–Kier alpha value is -1.16. The highest BCUT2D eigenvalue weighted by Crippen LogP contribution is 2.33. The largest absolute Gasteiger partial charge is 0.382 e. The van der Waals surface area contributed by atoms with Crippen molar-refractivity contribution in [3.05, 3.63) is 21.9 Å². The van der Waals surface area contributed by atoms with E-state index >= 15 is 0 Å². The summed E-state index contributed by atoms with van der Waals surface area (Å²) >= 11 is 2.77. The third-order valence-electron chi connectivity index (χ3n) is 2.90. The lowest BCUT2D eigenvalue weighted by Gasteiger charge is -2.12. The zero-order valence-electron chi connectivity index (χ0n) is 12.1. The first-order valence-corrected chi connectivity index (χ1v) is 9.38. The van der Waals surface area contributed by atoms with Crippen molar-refractivity contribution in [3.63, 3.8) is 0 Å². The zero-order valence-corrected chi connectivity index (χ0v) is 14.5. The minimum atomic E-state index is -3.60. The summed E-state index contributed by atoms with van der Waals surface area (Å²) in [6, 6.07) is 4.13. The highest BCUT2D eigenvalue weighted by molar-refractivity contribution is 7.89. The Labute approximate surface area is 132 Å². The molecule has 0 fully saturated rings. The first-order valence-electron chi connectivity index (χ1n) is 6.35. The number of rotatable bonds is 6. The van der Waals surface area contributed by atoms with Crippen molar-refractivity contribution in [3.8, 4) is 0 Å². The summed E-state index contributed by atoms with van der Waals surface area (Å²) in [4.78, 5) is 2.51. The van der Waals surface area contributed by atoms with E-state index in [1.54, 1.807) is 11.3 Å². The number of thiophene rings is 1. The number of hydrogen-bond acceptors (Lipinski definition) is 7. The molecule has 0 radical (unpaired) electrons. The molecule has 2 aromatic heterocycles. The molecule has 2 heterocycles. The smallest absolute Gasteiger partial charge is 0.249 e. The van der Waals surface area contributed by atoms with E-state index in [4.69, 9.17) is 5.73 Å². The van der Waals surface area contributed by atoms with Gasteiger partial charge in [-0.2, -0.15) is 4.37 Å². The molecule has 21 heavy (non-hydrogen) atoms. The Morgan fingerprint density at radius 1 is 1.33 bits per heavy atom. The first kappa shape index (κ1) is 16.2. The van der Waals surface area contributed by atoms with E-state index in [1.807, 2.05) is 6.07 Å². The highest BCUT2D eigenvalue weighted by Gasteiger charge is 2.27. The number of nitrogens with zero attached hydrogens (tertiary/aromatic N) is 2. The number of nitrogens with two attached hydrogens (primary N) is 1.